The summed E-state index contributed by atoms with van der Waals surface area (Å²) < 4.78 is 0. The number of nitrogens with zero attached hydrogens (tertiary/aromatic N) is 3. The Morgan fingerprint density at radius 3 is 2.79 bits per heavy atom. The van der Waals surface area contributed by atoms with Gasteiger partial charge >= 0.3 is 5.97 Å². The molecule has 0 spiro atoms. The van der Waals surface area contributed by atoms with Crippen molar-refractivity contribution in [3.05, 3.63) is 44.5 Å². The number of anilines is 1. The molecule has 0 aromatic carbocycles. The van der Waals surface area contributed by atoms with Gasteiger partial charge in [-0.3, -0.25) is 4.79 Å². The number of amides is 1. The molecule has 3 heterocycles. The predicted octanol–water partition coefficient (Wildman–Crippen LogP) is 1.24. The molecule has 0 fully saturated rings. The number of carbonyl (C=O) groups excluding carboxylic acids is 2. The molecule has 0 saturated carbocycles. The minimum atomic E-state index is -1.17. The maximum absolute atomic E-state index is 12.8. The van der Waals surface area contributed by atoms with Crippen LogP contribution in [0.5, 0.6) is 0 Å². The smallest absolute Gasteiger partial charge is 0.352 e. The fourth-order valence-electron chi connectivity index (χ4n) is 2.79. The van der Waals surface area contributed by atoms with Gasteiger partial charge in [0, 0.05) is 16.0 Å². The van der Waals surface area contributed by atoms with Gasteiger partial charge in [-0.25, -0.2) is 14.8 Å². The lowest BCUT2D eigenvalue weighted by Crippen LogP contribution is -2.53. The number of allylic oxidation sites excluding steroid dienone is 1. The van der Waals surface area contributed by atoms with E-state index in [2.05, 4.69) is 25.8 Å². The molecule has 0 bridgehead atoms. The van der Waals surface area contributed by atoms with Crippen LogP contribution in [0.25, 0.3) is 6.08 Å². The molecule has 2 atom stereocenters. The molecule has 0 saturated heterocycles. The monoisotopic (exact) mass is 508 g/mol. The van der Waals surface area contributed by atoms with Crippen LogP contribution in [0.15, 0.2) is 33.4 Å². The van der Waals surface area contributed by atoms with Gasteiger partial charge in [-0.2, -0.15) is 0 Å². The Labute approximate surface area is 200 Å². The zero-order valence-electron chi connectivity index (χ0n) is 17.5. The summed E-state index contributed by atoms with van der Waals surface area (Å²) in [4.78, 5) is 50.2. The number of rotatable bonds is 9. The van der Waals surface area contributed by atoms with Crippen molar-refractivity contribution in [2.75, 3.05) is 18.6 Å². The fraction of sp³-hybridized carbons (Fsp3) is 0.263. The van der Waals surface area contributed by atoms with E-state index in [-0.39, 0.29) is 22.2 Å². The standard InChI is InChI=1S/C19H20N6O5S3/c1-9-13(33-8-21-9)4-3-10-6-31-17(24-14(10)18(28)29)11(5-26)22-16(27)15(25-30-2)12-7-32-19(20)23-12/h3-5,7-8,11,17,24H,6H2,1-2H3,(H2,20,23)(H,22,27)(H,28,29)/b4-3-,25-15-/t11-,17-/m1/s1. The summed E-state index contributed by atoms with van der Waals surface area (Å²) in [5, 5.41) is 19.8. The summed E-state index contributed by atoms with van der Waals surface area (Å²) in [5.41, 5.74) is 8.72. The minimum Gasteiger partial charge on any atom is -0.477 e. The first-order valence-corrected chi connectivity index (χ1v) is 12.2. The molecule has 0 radical (unpaired) electrons. The third-order valence-electron chi connectivity index (χ3n) is 4.39. The van der Waals surface area contributed by atoms with Crippen LogP contribution in [0, 0.1) is 6.92 Å². The molecule has 14 heteroatoms. The number of hydrogen-bond donors (Lipinski definition) is 4. The molecular formula is C19H20N6O5S3. The van der Waals surface area contributed by atoms with Crippen LogP contribution < -0.4 is 16.4 Å². The van der Waals surface area contributed by atoms with Crippen LogP contribution in [0.4, 0.5) is 5.13 Å². The Morgan fingerprint density at radius 1 is 1.42 bits per heavy atom. The average molecular weight is 509 g/mol. The van der Waals surface area contributed by atoms with Gasteiger partial charge in [0.2, 0.25) is 0 Å². The third-order valence-corrected chi connectivity index (χ3v) is 7.21. The first kappa shape index (κ1) is 24.4. The number of nitrogens with two attached hydrogens (primary N) is 1. The summed E-state index contributed by atoms with van der Waals surface area (Å²) in [5.74, 6) is -1.57. The lowest BCUT2D eigenvalue weighted by atomic mass is 10.1. The Bertz CT molecular complexity index is 1140. The van der Waals surface area contributed by atoms with Gasteiger partial charge in [-0.05, 0) is 18.6 Å². The van der Waals surface area contributed by atoms with Gasteiger partial charge in [-0.1, -0.05) is 11.2 Å². The molecule has 5 N–H and O–H groups in total. The van der Waals surface area contributed by atoms with E-state index in [1.54, 1.807) is 17.7 Å². The van der Waals surface area contributed by atoms with Crippen LogP contribution in [0.3, 0.4) is 0 Å². The van der Waals surface area contributed by atoms with Crippen molar-refractivity contribution in [2.24, 2.45) is 5.16 Å². The number of thiazole rings is 2. The maximum atomic E-state index is 12.8. The molecule has 1 amide bonds. The zero-order chi connectivity index (χ0) is 24.0. The summed E-state index contributed by atoms with van der Waals surface area (Å²) in [6.45, 7) is 1.87. The van der Waals surface area contributed by atoms with Gasteiger partial charge in [0.05, 0.1) is 11.2 Å². The largest absolute Gasteiger partial charge is 0.477 e. The molecule has 2 aromatic heterocycles. The van der Waals surface area contributed by atoms with Crippen molar-refractivity contribution < 1.29 is 24.3 Å². The van der Waals surface area contributed by atoms with Crippen molar-refractivity contribution in [3.63, 3.8) is 0 Å². The number of aliphatic carboxylic acids is 1. The first-order valence-electron chi connectivity index (χ1n) is 9.35. The molecule has 1 aliphatic rings. The summed E-state index contributed by atoms with van der Waals surface area (Å²) in [6.07, 6.45) is 4.05. The summed E-state index contributed by atoms with van der Waals surface area (Å²) in [6, 6.07) is -1.05. The van der Waals surface area contributed by atoms with E-state index in [0.717, 1.165) is 21.9 Å². The van der Waals surface area contributed by atoms with E-state index in [4.69, 9.17) is 10.6 Å². The number of hydrogen-bond acceptors (Lipinski definition) is 12. The first-order chi connectivity index (χ1) is 15.8. The van der Waals surface area contributed by atoms with Crippen LogP contribution in [-0.4, -0.2) is 63.2 Å². The number of aromatic nitrogens is 2. The topological polar surface area (TPSA) is 169 Å². The summed E-state index contributed by atoms with van der Waals surface area (Å²) >= 11 is 3.85. The molecule has 174 valence electrons. The van der Waals surface area contributed by atoms with Gasteiger partial charge in [0.25, 0.3) is 5.91 Å². The fourth-order valence-corrected chi connectivity index (χ4v) is 5.17. The number of thioether (sulfide) groups is 1. The number of nitrogen functional groups attached to an aromatic ring is 1. The molecule has 3 rings (SSSR count). The lowest BCUT2D eigenvalue weighted by molar-refractivity contribution is -0.133. The molecule has 33 heavy (non-hydrogen) atoms. The highest BCUT2D eigenvalue weighted by Crippen LogP contribution is 2.26. The number of aryl methyl sites for hydroxylation is 1. The lowest BCUT2D eigenvalue weighted by Gasteiger charge is -2.30. The molecule has 11 nitrogen and oxygen atoms in total. The van der Waals surface area contributed by atoms with E-state index >= 15 is 0 Å². The number of aldehydes is 1. The second kappa shape index (κ2) is 11.1. The molecular weight excluding hydrogens is 488 g/mol. The average Bonchev–Trinajstić information content (AvgIpc) is 3.41. The molecule has 0 aliphatic carbocycles. The van der Waals surface area contributed by atoms with Crippen molar-refractivity contribution in [1.82, 2.24) is 20.6 Å². The molecule has 1 aliphatic heterocycles. The Balaban J connectivity index is 1.77. The quantitative estimate of drug-likeness (QED) is 0.220. The third kappa shape index (κ3) is 5.97. The van der Waals surface area contributed by atoms with E-state index in [1.165, 1.54) is 35.6 Å². The normalized spacial score (nSPS) is 17.5. The van der Waals surface area contributed by atoms with Gasteiger partial charge in [0.1, 0.15) is 36.2 Å². The van der Waals surface area contributed by atoms with Crippen LogP contribution in [0.1, 0.15) is 16.3 Å². The van der Waals surface area contributed by atoms with E-state index < -0.39 is 23.3 Å². The number of carboxylic acids is 1. The highest BCUT2D eigenvalue weighted by Gasteiger charge is 2.32. The predicted molar refractivity (Wildman–Crippen MR) is 128 cm³/mol. The highest BCUT2D eigenvalue weighted by molar-refractivity contribution is 8.00. The number of nitrogens with one attached hydrogen (secondary N) is 2. The Hall–Kier alpha value is -3.23. The second-order valence-electron chi connectivity index (χ2n) is 6.55. The Morgan fingerprint density at radius 2 is 2.21 bits per heavy atom. The van der Waals surface area contributed by atoms with Crippen LogP contribution in [0.2, 0.25) is 0 Å². The second-order valence-corrected chi connectivity index (χ2v) is 9.45. The SMILES string of the molecule is CO/N=C(\C(=O)N[C@H](C=O)[C@@H]1NC(C(=O)O)=C(/C=C\c2scnc2C)CS1)c1csc(N)n1. The Kier molecular flexibility index (Phi) is 8.19. The zero-order valence-corrected chi connectivity index (χ0v) is 19.9. The van der Waals surface area contributed by atoms with Crippen molar-refractivity contribution in [2.45, 2.75) is 18.3 Å². The van der Waals surface area contributed by atoms with Gasteiger partial charge < -0.3 is 31.1 Å². The van der Waals surface area contributed by atoms with Crippen LogP contribution >= 0.6 is 34.4 Å². The summed E-state index contributed by atoms with van der Waals surface area (Å²) in [7, 11) is 1.27. The van der Waals surface area contributed by atoms with Crippen molar-refractivity contribution in [3.8, 4) is 0 Å². The van der Waals surface area contributed by atoms with E-state index in [9.17, 15) is 19.5 Å². The molecule has 2 aromatic rings. The van der Waals surface area contributed by atoms with Gasteiger partial charge in [-0.15, -0.1) is 34.4 Å². The highest BCUT2D eigenvalue weighted by atomic mass is 32.2. The van der Waals surface area contributed by atoms with E-state index in [0.29, 0.717) is 17.6 Å². The number of carbonyl (C=O) groups is 3. The van der Waals surface area contributed by atoms with Crippen molar-refractivity contribution in [1.29, 1.82) is 0 Å². The van der Waals surface area contributed by atoms with E-state index in [1.807, 2.05) is 6.92 Å². The van der Waals surface area contributed by atoms with Crippen molar-refractivity contribution >= 4 is 69.5 Å². The minimum absolute atomic E-state index is 0.0451. The van der Waals surface area contributed by atoms with Crippen LogP contribution in [-0.2, 0) is 19.2 Å². The number of oxime groups is 1. The number of carboxylic acid groups (broad SMARTS) is 1. The maximum Gasteiger partial charge on any atom is 0.352 e. The van der Waals surface area contributed by atoms with Gasteiger partial charge in [0.15, 0.2) is 10.8 Å². The molecule has 0 unspecified atom stereocenters.